The molecule has 1 unspecified atom stereocenters. The summed E-state index contributed by atoms with van der Waals surface area (Å²) in [6.07, 6.45) is 1.67. The standard InChI is InChI=1S/C21H24N2O4/c1-12(2)22-13(3)4-5-14-6-8-16-17(10-14)21(27)23(20(16)26)18-9-7-15(24)11-19(18)25/h6,8,10,12,18,22H,3-5,7,9,11H2,1-2H3. The third kappa shape index (κ3) is 3.84. The van der Waals surface area contributed by atoms with Crippen molar-refractivity contribution in [3.05, 3.63) is 47.2 Å². The van der Waals surface area contributed by atoms with Crippen LogP contribution in [-0.4, -0.2) is 40.4 Å². The van der Waals surface area contributed by atoms with Crippen LogP contribution in [0.25, 0.3) is 0 Å². The van der Waals surface area contributed by atoms with Gasteiger partial charge in [0.05, 0.1) is 23.6 Å². The molecular formula is C21H24N2O4. The maximum absolute atomic E-state index is 12.8. The van der Waals surface area contributed by atoms with E-state index in [1.54, 1.807) is 12.1 Å². The van der Waals surface area contributed by atoms with Gasteiger partial charge in [-0.05, 0) is 50.8 Å². The molecule has 3 rings (SSSR count). The van der Waals surface area contributed by atoms with Gasteiger partial charge < -0.3 is 5.32 Å². The molecule has 0 aromatic heterocycles. The fraction of sp³-hybridized carbons (Fsp3) is 0.429. The molecule has 0 saturated heterocycles. The normalized spacial score (nSPS) is 19.7. The zero-order valence-electron chi connectivity index (χ0n) is 15.7. The lowest BCUT2D eigenvalue weighted by molar-refractivity contribution is -0.132. The number of amides is 2. The number of hydrogen-bond acceptors (Lipinski definition) is 5. The Kier molecular flexibility index (Phi) is 5.26. The van der Waals surface area contributed by atoms with Gasteiger partial charge in [0.1, 0.15) is 5.78 Å². The molecule has 2 aliphatic rings. The predicted molar refractivity (Wildman–Crippen MR) is 100 cm³/mol. The summed E-state index contributed by atoms with van der Waals surface area (Å²) in [5.74, 6) is -1.37. The maximum Gasteiger partial charge on any atom is 0.262 e. The van der Waals surface area contributed by atoms with Gasteiger partial charge in [-0.15, -0.1) is 0 Å². The predicted octanol–water partition coefficient (Wildman–Crippen LogP) is 2.42. The number of carbonyl (C=O) groups excluding carboxylic acids is 4. The topological polar surface area (TPSA) is 83.6 Å². The quantitative estimate of drug-likeness (QED) is 0.616. The highest BCUT2D eigenvalue weighted by Gasteiger charge is 2.44. The average Bonchev–Trinajstić information content (AvgIpc) is 2.84. The molecule has 0 radical (unpaired) electrons. The maximum atomic E-state index is 12.8. The third-order valence-electron chi connectivity index (χ3n) is 4.94. The number of hydrogen-bond donors (Lipinski definition) is 1. The van der Waals surface area contributed by atoms with E-state index in [-0.39, 0.29) is 30.8 Å². The van der Waals surface area contributed by atoms with Crippen LogP contribution in [0.5, 0.6) is 0 Å². The number of carbonyl (C=O) groups is 4. The van der Waals surface area contributed by atoms with Crippen LogP contribution in [0.3, 0.4) is 0 Å². The van der Waals surface area contributed by atoms with E-state index in [0.717, 1.165) is 22.6 Å². The molecule has 1 fully saturated rings. The highest BCUT2D eigenvalue weighted by Crippen LogP contribution is 2.30. The summed E-state index contributed by atoms with van der Waals surface area (Å²) >= 11 is 0. The first-order valence-electron chi connectivity index (χ1n) is 9.27. The largest absolute Gasteiger partial charge is 0.387 e. The van der Waals surface area contributed by atoms with Crippen LogP contribution in [0.2, 0.25) is 0 Å². The van der Waals surface area contributed by atoms with Crippen molar-refractivity contribution in [1.82, 2.24) is 10.2 Å². The van der Waals surface area contributed by atoms with E-state index in [9.17, 15) is 19.2 Å². The van der Waals surface area contributed by atoms with Gasteiger partial charge in [-0.2, -0.15) is 0 Å². The lowest BCUT2D eigenvalue weighted by Gasteiger charge is -2.27. The van der Waals surface area contributed by atoms with E-state index < -0.39 is 17.9 Å². The van der Waals surface area contributed by atoms with E-state index in [0.29, 0.717) is 23.6 Å². The second-order valence-electron chi connectivity index (χ2n) is 7.50. The van der Waals surface area contributed by atoms with Crippen molar-refractivity contribution in [3.63, 3.8) is 0 Å². The Labute approximate surface area is 158 Å². The molecule has 1 atom stereocenters. The van der Waals surface area contributed by atoms with Crippen molar-refractivity contribution in [2.45, 2.75) is 58.0 Å². The number of nitrogens with one attached hydrogen (secondary N) is 1. The number of aryl methyl sites for hydroxylation is 1. The van der Waals surface area contributed by atoms with E-state index in [1.807, 2.05) is 19.9 Å². The van der Waals surface area contributed by atoms with Gasteiger partial charge in [0, 0.05) is 18.2 Å². The molecule has 1 aromatic carbocycles. The van der Waals surface area contributed by atoms with Gasteiger partial charge in [0.15, 0.2) is 5.78 Å². The molecule has 1 N–H and O–H groups in total. The fourth-order valence-electron chi connectivity index (χ4n) is 3.65. The zero-order chi connectivity index (χ0) is 19.7. The Morgan fingerprint density at radius 2 is 1.89 bits per heavy atom. The number of benzene rings is 1. The number of rotatable bonds is 6. The minimum Gasteiger partial charge on any atom is -0.387 e. The van der Waals surface area contributed by atoms with Gasteiger partial charge >= 0.3 is 0 Å². The second kappa shape index (κ2) is 7.47. The number of ketones is 2. The van der Waals surface area contributed by atoms with Crippen LogP contribution in [0, 0.1) is 0 Å². The number of fused-ring (bicyclic) bond motifs is 1. The molecule has 1 aliphatic heterocycles. The van der Waals surface area contributed by atoms with E-state index in [4.69, 9.17) is 0 Å². The smallest absolute Gasteiger partial charge is 0.262 e. The first-order chi connectivity index (χ1) is 12.8. The highest BCUT2D eigenvalue weighted by atomic mass is 16.2. The SMILES string of the molecule is C=C(CCc1ccc2c(c1)C(=O)N(C1CCC(=O)CC1=O)C2=O)NC(C)C. The number of nitrogens with zero attached hydrogens (tertiary/aromatic N) is 1. The van der Waals surface area contributed by atoms with E-state index >= 15 is 0 Å². The molecule has 1 saturated carbocycles. The number of Topliss-reactive ketones (excluding diaryl/α,β-unsaturated/α-hetero) is 2. The molecule has 2 amide bonds. The summed E-state index contributed by atoms with van der Waals surface area (Å²) < 4.78 is 0. The van der Waals surface area contributed by atoms with Gasteiger partial charge in [0.2, 0.25) is 0 Å². The molecule has 6 nitrogen and oxygen atoms in total. The summed E-state index contributed by atoms with van der Waals surface area (Å²) in [6, 6.07) is 4.71. The van der Waals surface area contributed by atoms with Crippen LogP contribution < -0.4 is 5.32 Å². The fourth-order valence-corrected chi connectivity index (χ4v) is 3.65. The zero-order valence-corrected chi connectivity index (χ0v) is 15.7. The van der Waals surface area contributed by atoms with Crippen molar-refractivity contribution in [2.24, 2.45) is 0 Å². The van der Waals surface area contributed by atoms with Crippen LogP contribution in [-0.2, 0) is 16.0 Å². The summed E-state index contributed by atoms with van der Waals surface area (Å²) in [6.45, 7) is 8.07. The first kappa shape index (κ1) is 19.0. The van der Waals surface area contributed by atoms with E-state index in [1.165, 1.54) is 0 Å². The van der Waals surface area contributed by atoms with Gasteiger partial charge in [-0.1, -0.05) is 12.6 Å². The van der Waals surface area contributed by atoms with Crippen LogP contribution in [0.15, 0.2) is 30.5 Å². The Balaban J connectivity index is 1.75. The van der Waals surface area contributed by atoms with Crippen LogP contribution in [0.4, 0.5) is 0 Å². The summed E-state index contributed by atoms with van der Waals surface area (Å²) in [5, 5.41) is 3.25. The molecule has 27 heavy (non-hydrogen) atoms. The molecule has 6 heteroatoms. The average molecular weight is 368 g/mol. The number of allylic oxidation sites excluding steroid dienone is 1. The third-order valence-corrected chi connectivity index (χ3v) is 4.94. The van der Waals surface area contributed by atoms with E-state index in [2.05, 4.69) is 11.9 Å². The monoisotopic (exact) mass is 368 g/mol. The van der Waals surface area contributed by atoms with Crippen molar-refractivity contribution in [2.75, 3.05) is 0 Å². The number of imide groups is 1. The molecule has 0 spiro atoms. The molecule has 142 valence electrons. The van der Waals surface area contributed by atoms with Crippen LogP contribution >= 0.6 is 0 Å². The summed E-state index contributed by atoms with van der Waals surface area (Å²) in [5.41, 5.74) is 2.53. The molecule has 1 heterocycles. The van der Waals surface area contributed by atoms with Crippen molar-refractivity contribution in [3.8, 4) is 0 Å². The first-order valence-corrected chi connectivity index (χ1v) is 9.27. The van der Waals surface area contributed by atoms with Crippen LogP contribution in [0.1, 0.15) is 65.8 Å². The molecular weight excluding hydrogens is 344 g/mol. The molecule has 1 aromatic rings. The Morgan fingerprint density at radius 3 is 2.56 bits per heavy atom. The molecule has 1 aliphatic carbocycles. The lowest BCUT2D eigenvalue weighted by Crippen LogP contribution is -2.47. The highest BCUT2D eigenvalue weighted by molar-refractivity contribution is 6.23. The Bertz CT molecular complexity index is 841. The van der Waals surface area contributed by atoms with Gasteiger partial charge in [-0.3, -0.25) is 24.1 Å². The van der Waals surface area contributed by atoms with Crippen molar-refractivity contribution in [1.29, 1.82) is 0 Å². The Morgan fingerprint density at radius 1 is 1.19 bits per heavy atom. The minimum atomic E-state index is -0.825. The van der Waals surface area contributed by atoms with Gasteiger partial charge in [0.25, 0.3) is 11.8 Å². The molecule has 0 bridgehead atoms. The Hall–Kier alpha value is -2.76. The summed E-state index contributed by atoms with van der Waals surface area (Å²) in [4.78, 5) is 50.1. The summed E-state index contributed by atoms with van der Waals surface area (Å²) in [7, 11) is 0. The lowest BCUT2D eigenvalue weighted by atomic mass is 9.92. The minimum absolute atomic E-state index is 0.134. The van der Waals surface area contributed by atoms with Crippen molar-refractivity contribution < 1.29 is 19.2 Å². The van der Waals surface area contributed by atoms with Crippen molar-refractivity contribution >= 4 is 23.4 Å². The van der Waals surface area contributed by atoms with Gasteiger partial charge in [-0.25, -0.2) is 0 Å². The second-order valence-corrected chi connectivity index (χ2v) is 7.50.